The number of carbonyl (C=O) groups excluding carboxylic acids is 1. The molecule has 3 N–H and O–H groups in total. The third-order valence-electron chi connectivity index (χ3n) is 3.17. The number of amides is 1. The largest absolute Gasteiger partial charge is 0.495 e. The highest BCUT2D eigenvalue weighted by Crippen LogP contribution is 2.28. The van der Waals surface area contributed by atoms with Crippen molar-refractivity contribution in [3.05, 3.63) is 23.8 Å². The van der Waals surface area contributed by atoms with Crippen molar-refractivity contribution in [2.24, 2.45) is 11.7 Å². The van der Waals surface area contributed by atoms with Crippen molar-refractivity contribution in [2.75, 3.05) is 12.4 Å². The fourth-order valence-corrected chi connectivity index (χ4v) is 1.64. The summed E-state index contributed by atoms with van der Waals surface area (Å²) in [7, 11) is 1.49. The van der Waals surface area contributed by atoms with Crippen LogP contribution in [0.15, 0.2) is 18.2 Å². The van der Waals surface area contributed by atoms with Crippen molar-refractivity contribution in [1.29, 1.82) is 5.26 Å². The number of carbonyl (C=O) groups is 1. The molecule has 0 aliphatic carbocycles. The van der Waals surface area contributed by atoms with Gasteiger partial charge in [-0.2, -0.15) is 5.26 Å². The molecule has 0 spiro atoms. The summed E-state index contributed by atoms with van der Waals surface area (Å²) in [6.45, 7) is 3.89. The Morgan fingerprint density at radius 3 is 2.79 bits per heavy atom. The summed E-state index contributed by atoms with van der Waals surface area (Å²) in [6.07, 6.45) is 0.811. The van der Waals surface area contributed by atoms with Gasteiger partial charge in [0, 0.05) is 0 Å². The van der Waals surface area contributed by atoms with E-state index in [9.17, 15) is 4.79 Å². The molecule has 0 radical (unpaired) electrons. The highest BCUT2D eigenvalue weighted by atomic mass is 16.5. The predicted octanol–water partition coefficient (Wildman–Crippen LogP) is 1.88. The zero-order valence-corrected chi connectivity index (χ0v) is 11.4. The second-order valence-electron chi connectivity index (χ2n) is 4.40. The SMILES string of the molecule is CCC(C)C(N)C(=O)Nc1c(C#N)cccc1OC. The molecule has 0 saturated carbocycles. The molecule has 0 saturated heterocycles. The second-order valence-corrected chi connectivity index (χ2v) is 4.40. The zero-order chi connectivity index (χ0) is 14.4. The van der Waals surface area contributed by atoms with E-state index in [1.165, 1.54) is 7.11 Å². The molecule has 5 nitrogen and oxygen atoms in total. The van der Waals surface area contributed by atoms with Crippen LogP contribution in [0.5, 0.6) is 5.75 Å². The van der Waals surface area contributed by atoms with E-state index in [4.69, 9.17) is 15.7 Å². The number of rotatable bonds is 5. The van der Waals surface area contributed by atoms with E-state index in [1.54, 1.807) is 18.2 Å². The van der Waals surface area contributed by atoms with Gasteiger partial charge < -0.3 is 15.8 Å². The number of nitrogens with one attached hydrogen (secondary N) is 1. The minimum Gasteiger partial charge on any atom is -0.495 e. The molecule has 19 heavy (non-hydrogen) atoms. The molecule has 2 atom stereocenters. The maximum absolute atomic E-state index is 12.0. The first kappa shape index (κ1) is 15.0. The van der Waals surface area contributed by atoms with Crippen molar-refractivity contribution in [2.45, 2.75) is 26.3 Å². The maximum Gasteiger partial charge on any atom is 0.241 e. The Labute approximate surface area is 113 Å². The van der Waals surface area contributed by atoms with E-state index in [-0.39, 0.29) is 11.8 Å². The van der Waals surface area contributed by atoms with Crippen LogP contribution in [0.2, 0.25) is 0 Å². The molecule has 0 aliphatic heterocycles. The summed E-state index contributed by atoms with van der Waals surface area (Å²) in [5.74, 6) is 0.208. The Bertz CT molecular complexity index is 494. The van der Waals surface area contributed by atoms with Gasteiger partial charge in [0.2, 0.25) is 5.91 Å². The van der Waals surface area contributed by atoms with Crippen molar-refractivity contribution in [3.8, 4) is 11.8 Å². The number of methoxy groups -OCH3 is 1. The number of para-hydroxylation sites is 1. The van der Waals surface area contributed by atoms with Crippen LogP contribution in [-0.2, 0) is 4.79 Å². The second kappa shape index (κ2) is 6.76. The summed E-state index contributed by atoms with van der Waals surface area (Å²) in [5.41, 5.74) is 6.59. The lowest BCUT2D eigenvalue weighted by Gasteiger charge is -2.19. The molecule has 1 aromatic rings. The van der Waals surface area contributed by atoms with Crippen molar-refractivity contribution in [1.82, 2.24) is 0 Å². The standard InChI is InChI=1S/C14H19N3O2/c1-4-9(2)12(16)14(18)17-13-10(8-15)6-5-7-11(13)19-3/h5-7,9,12H,4,16H2,1-3H3,(H,17,18). The number of nitrogens with zero attached hydrogens (tertiary/aromatic N) is 1. The Morgan fingerprint density at radius 2 is 2.26 bits per heavy atom. The van der Waals surface area contributed by atoms with Gasteiger partial charge in [0.05, 0.1) is 18.7 Å². The summed E-state index contributed by atoms with van der Waals surface area (Å²) in [6, 6.07) is 6.41. The number of hydrogen-bond donors (Lipinski definition) is 2. The molecule has 1 aromatic carbocycles. The monoisotopic (exact) mass is 261 g/mol. The first-order valence-electron chi connectivity index (χ1n) is 6.18. The van der Waals surface area contributed by atoms with Gasteiger partial charge in [-0.25, -0.2) is 0 Å². The van der Waals surface area contributed by atoms with E-state index in [0.29, 0.717) is 17.0 Å². The van der Waals surface area contributed by atoms with Crippen molar-refractivity contribution >= 4 is 11.6 Å². The Kier molecular flexibility index (Phi) is 5.34. The summed E-state index contributed by atoms with van der Waals surface area (Å²) in [5, 5.41) is 11.7. The normalized spacial score (nSPS) is 13.2. The molecule has 5 heteroatoms. The van der Waals surface area contributed by atoms with Gasteiger partial charge in [-0.15, -0.1) is 0 Å². The van der Waals surface area contributed by atoms with Crippen LogP contribution in [0.25, 0.3) is 0 Å². The molecule has 0 aromatic heterocycles. The van der Waals surface area contributed by atoms with Gasteiger partial charge in [-0.05, 0) is 18.1 Å². The molecule has 0 aliphatic rings. The Balaban J connectivity index is 2.99. The molecular formula is C14H19N3O2. The van der Waals surface area contributed by atoms with E-state index < -0.39 is 6.04 Å². The third-order valence-corrected chi connectivity index (χ3v) is 3.17. The van der Waals surface area contributed by atoms with Crippen LogP contribution in [0.4, 0.5) is 5.69 Å². The van der Waals surface area contributed by atoms with Crippen LogP contribution in [-0.4, -0.2) is 19.1 Å². The highest BCUT2D eigenvalue weighted by molar-refractivity contribution is 5.97. The van der Waals surface area contributed by atoms with Gasteiger partial charge in [0.25, 0.3) is 0 Å². The quantitative estimate of drug-likeness (QED) is 0.847. The third kappa shape index (κ3) is 3.46. The van der Waals surface area contributed by atoms with Crippen LogP contribution in [0.3, 0.4) is 0 Å². The molecule has 0 heterocycles. The molecule has 0 bridgehead atoms. The molecule has 0 fully saturated rings. The van der Waals surface area contributed by atoms with Gasteiger partial charge >= 0.3 is 0 Å². The number of hydrogen-bond acceptors (Lipinski definition) is 4. The van der Waals surface area contributed by atoms with Crippen molar-refractivity contribution in [3.63, 3.8) is 0 Å². The fraction of sp³-hybridized carbons (Fsp3) is 0.429. The molecular weight excluding hydrogens is 242 g/mol. The minimum absolute atomic E-state index is 0.0697. The predicted molar refractivity (Wildman–Crippen MR) is 73.8 cm³/mol. The van der Waals surface area contributed by atoms with Gasteiger partial charge in [-0.1, -0.05) is 26.3 Å². The van der Waals surface area contributed by atoms with Crippen LogP contribution < -0.4 is 15.8 Å². The average molecular weight is 261 g/mol. The molecule has 1 rings (SSSR count). The van der Waals surface area contributed by atoms with Crippen LogP contribution in [0.1, 0.15) is 25.8 Å². The number of benzene rings is 1. The molecule has 102 valence electrons. The number of nitrogens with two attached hydrogens (primary N) is 1. The van der Waals surface area contributed by atoms with Crippen LogP contribution in [0, 0.1) is 17.2 Å². The number of anilines is 1. The number of ether oxygens (including phenoxy) is 1. The van der Waals surface area contributed by atoms with Crippen LogP contribution >= 0.6 is 0 Å². The van der Waals surface area contributed by atoms with E-state index >= 15 is 0 Å². The van der Waals surface area contributed by atoms with Crippen molar-refractivity contribution < 1.29 is 9.53 Å². The minimum atomic E-state index is -0.610. The first-order valence-corrected chi connectivity index (χ1v) is 6.18. The topological polar surface area (TPSA) is 88.1 Å². The highest BCUT2D eigenvalue weighted by Gasteiger charge is 2.21. The maximum atomic E-state index is 12.0. The fourth-order valence-electron chi connectivity index (χ4n) is 1.64. The summed E-state index contributed by atoms with van der Waals surface area (Å²) >= 11 is 0. The zero-order valence-electron chi connectivity index (χ0n) is 11.4. The lowest BCUT2D eigenvalue weighted by Crippen LogP contribution is -2.40. The molecule has 1 amide bonds. The summed E-state index contributed by atoms with van der Waals surface area (Å²) < 4.78 is 5.15. The smallest absolute Gasteiger partial charge is 0.241 e. The van der Waals surface area contributed by atoms with Gasteiger partial charge in [0.1, 0.15) is 17.5 Å². The average Bonchev–Trinajstić information content (AvgIpc) is 2.45. The van der Waals surface area contributed by atoms with Gasteiger partial charge in [0.15, 0.2) is 0 Å². The van der Waals surface area contributed by atoms with Gasteiger partial charge in [-0.3, -0.25) is 4.79 Å². The molecule has 2 unspecified atom stereocenters. The number of nitriles is 1. The van der Waals surface area contributed by atoms with E-state index in [1.807, 2.05) is 19.9 Å². The van der Waals surface area contributed by atoms with E-state index in [0.717, 1.165) is 6.42 Å². The summed E-state index contributed by atoms with van der Waals surface area (Å²) in [4.78, 5) is 12.0. The lowest BCUT2D eigenvalue weighted by atomic mass is 9.99. The Hall–Kier alpha value is -2.06. The Morgan fingerprint density at radius 1 is 1.58 bits per heavy atom. The van der Waals surface area contributed by atoms with E-state index in [2.05, 4.69) is 5.32 Å². The first-order chi connectivity index (χ1) is 9.04. The lowest BCUT2D eigenvalue weighted by molar-refractivity contribution is -0.118.